The fraction of sp³-hybridized carbons (Fsp3) is 0.423. The number of ether oxygens (including phenoxy) is 1. The average Bonchev–Trinajstić information content (AvgIpc) is 3.28. The first-order valence-electron chi connectivity index (χ1n) is 12.1. The Labute approximate surface area is 227 Å². The molecule has 4 rings (SSSR count). The lowest BCUT2D eigenvalue weighted by atomic mass is 10.0. The van der Waals surface area contributed by atoms with Gasteiger partial charge in [0.05, 0.1) is 29.9 Å². The number of likely N-dealkylation sites (tertiary alicyclic amines) is 1. The maximum atomic E-state index is 14.0. The molecule has 2 aromatic rings. The summed E-state index contributed by atoms with van der Waals surface area (Å²) in [5.74, 6) is -2.34. The van der Waals surface area contributed by atoms with E-state index in [1.807, 2.05) is 18.3 Å². The van der Waals surface area contributed by atoms with E-state index in [-0.39, 0.29) is 16.1 Å². The highest BCUT2D eigenvalue weighted by atomic mass is 35.5. The van der Waals surface area contributed by atoms with Gasteiger partial charge in [-0.25, -0.2) is 4.39 Å². The molecule has 0 spiro atoms. The van der Waals surface area contributed by atoms with Gasteiger partial charge in [0, 0.05) is 47.6 Å². The number of nitrogens with zero attached hydrogens (tertiary/aromatic N) is 3. The summed E-state index contributed by atoms with van der Waals surface area (Å²) in [6.07, 6.45) is 4.29. The number of hydrogen-bond donors (Lipinski definition) is 1. The number of rotatable bonds is 7. The molecule has 1 aromatic heterocycles. The van der Waals surface area contributed by atoms with Crippen molar-refractivity contribution in [2.45, 2.75) is 50.6 Å². The Balaban J connectivity index is 1.45. The first-order valence-corrected chi connectivity index (χ1v) is 12.8. The van der Waals surface area contributed by atoms with Gasteiger partial charge < -0.3 is 10.1 Å². The van der Waals surface area contributed by atoms with Crippen molar-refractivity contribution in [2.75, 3.05) is 19.6 Å². The van der Waals surface area contributed by atoms with Gasteiger partial charge in [-0.2, -0.15) is 18.3 Å². The number of alkyl halides is 3. The van der Waals surface area contributed by atoms with E-state index in [0.29, 0.717) is 43.6 Å². The zero-order valence-corrected chi connectivity index (χ0v) is 22.0. The van der Waals surface area contributed by atoms with Crippen molar-refractivity contribution in [1.29, 1.82) is 5.41 Å². The van der Waals surface area contributed by atoms with Crippen LogP contribution < -0.4 is 0 Å². The normalized spacial score (nSPS) is 20.3. The number of benzene rings is 1. The summed E-state index contributed by atoms with van der Waals surface area (Å²) >= 11 is 12.4. The van der Waals surface area contributed by atoms with E-state index in [0.717, 1.165) is 11.1 Å². The minimum absolute atomic E-state index is 0.0148. The van der Waals surface area contributed by atoms with E-state index in [9.17, 15) is 22.4 Å². The van der Waals surface area contributed by atoms with Gasteiger partial charge >= 0.3 is 6.18 Å². The monoisotopic (exact) mass is 572 g/mol. The number of aromatic nitrogens is 2. The Morgan fingerprint density at radius 1 is 1.26 bits per heavy atom. The van der Waals surface area contributed by atoms with Crippen LogP contribution in [-0.4, -0.2) is 58.1 Å². The standard InChI is InChI=1S/C26H26Cl2F4N4O2/c1-15(24-19(27)5-6-20(29)25(24)28)38-22-11-16(3-2-4-21(22)33)17-12-34-36(13-17)18-7-9-35(10-8-18)14-23(37)26(30,31)32/h2-3,5-6,11-13,15,18,22,33H,4,7-10,14H2,1H3. The largest absolute Gasteiger partial charge is 0.451 e. The van der Waals surface area contributed by atoms with Gasteiger partial charge in [-0.3, -0.25) is 14.4 Å². The second-order valence-corrected chi connectivity index (χ2v) is 10.1. The number of carbonyl (C=O) groups excluding carboxylic acids is 1. The van der Waals surface area contributed by atoms with Crippen LogP contribution in [0.3, 0.4) is 0 Å². The third kappa shape index (κ3) is 6.54. The number of piperidine rings is 1. The summed E-state index contributed by atoms with van der Waals surface area (Å²) < 4.78 is 59.6. The number of Topliss-reactive ketones (excluding diaryl/α,β-unsaturated/α-hetero) is 1. The van der Waals surface area contributed by atoms with Crippen LogP contribution in [0, 0.1) is 11.2 Å². The molecule has 1 aromatic carbocycles. The highest BCUT2D eigenvalue weighted by molar-refractivity contribution is 6.36. The minimum Gasteiger partial charge on any atom is -0.360 e. The minimum atomic E-state index is -4.82. The SMILES string of the molecule is CC(OC1C=C(c2cnn(C3CCN(CC(=O)C(F)(F)F)CC3)c2)C=CCC1=N)c1c(Cl)ccc(F)c1Cl. The van der Waals surface area contributed by atoms with Crippen molar-refractivity contribution in [1.82, 2.24) is 14.7 Å². The summed E-state index contributed by atoms with van der Waals surface area (Å²) in [6.45, 7) is 1.79. The molecule has 0 saturated carbocycles. The number of allylic oxidation sites excluding steroid dienone is 3. The molecule has 0 amide bonds. The van der Waals surface area contributed by atoms with E-state index in [2.05, 4.69) is 5.10 Å². The molecule has 2 unspecified atom stereocenters. The van der Waals surface area contributed by atoms with Gasteiger partial charge in [0.2, 0.25) is 5.78 Å². The Bertz CT molecular complexity index is 1270. The first kappa shape index (κ1) is 28.5. The number of ketones is 1. The van der Waals surface area contributed by atoms with E-state index in [1.54, 1.807) is 23.9 Å². The van der Waals surface area contributed by atoms with Crippen LogP contribution in [-0.2, 0) is 9.53 Å². The van der Waals surface area contributed by atoms with Gasteiger partial charge in [-0.1, -0.05) is 35.4 Å². The van der Waals surface area contributed by atoms with Crippen molar-refractivity contribution < 1.29 is 27.1 Å². The molecule has 12 heteroatoms. The number of hydrogen-bond acceptors (Lipinski definition) is 5. The zero-order valence-electron chi connectivity index (χ0n) is 20.4. The highest BCUT2D eigenvalue weighted by Gasteiger charge is 2.39. The molecule has 6 nitrogen and oxygen atoms in total. The van der Waals surface area contributed by atoms with Crippen LogP contribution >= 0.6 is 23.2 Å². The second-order valence-electron chi connectivity index (χ2n) is 9.35. The maximum absolute atomic E-state index is 14.0. The van der Waals surface area contributed by atoms with Crippen molar-refractivity contribution >= 4 is 40.3 Å². The lowest BCUT2D eigenvalue weighted by Crippen LogP contribution is -2.41. The lowest BCUT2D eigenvalue weighted by molar-refractivity contribution is -0.172. The molecule has 2 heterocycles. The molecule has 38 heavy (non-hydrogen) atoms. The van der Waals surface area contributed by atoms with Crippen LogP contribution in [0.4, 0.5) is 17.6 Å². The summed E-state index contributed by atoms with van der Waals surface area (Å²) in [4.78, 5) is 12.8. The molecule has 1 aliphatic heterocycles. The molecule has 1 aliphatic carbocycles. The van der Waals surface area contributed by atoms with Crippen LogP contribution in [0.1, 0.15) is 49.5 Å². The summed E-state index contributed by atoms with van der Waals surface area (Å²) in [5.41, 5.74) is 2.18. The molecule has 0 bridgehead atoms. The summed E-state index contributed by atoms with van der Waals surface area (Å²) in [6, 6.07) is 2.57. The molecule has 2 atom stereocenters. The van der Waals surface area contributed by atoms with Gasteiger partial charge in [-0.05, 0) is 43.5 Å². The van der Waals surface area contributed by atoms with E-state index < -0.39 is 36.5 Å². The molecule has 204 valence electrons. The molecular formula is C26H26Cl2F4N4O2. The fourth-order valence-corrected chi connectivity index (χ4v) is 5.26. The van der Waals surface area contributed by atoms with E-state index >= 15 is 0 Å². The lowest BCUT2D eigenvalue weighted by Gasteiger charge is -2.31. The van der Waals surface area contributed by atoms with Gasteiger partial charge in [0.25, 0.3) is 0 Å². The smallest absolute Gasteiger partial charge is 0.360 e. The highest BCUT2D eigenvalue weighted by Crippen LogP contribution is 2.36. The van der Waals surface area contributed by atoms with Crippen molar-refractivity contribution in [3.8, 4) is 0 Å². The van der Waals surface area contributed by atoms with Crippen molar-refractivity contribution in [2.24, 2.45) is 0 Å². The predicted molar refractivity (Wildman–Crippen MR) is 137 cm³/mol. The number of nitrogens with one attached hydrogen (secondary N) is 1. The summed E-state index contributed by atoms with van der Waals surface area (Å²) in [7, 11) is 0. The van der Waals surface area contributed by atoms with Crippen LogP contribution in [0.15, 0.2) is 42.8 Å². The van der Waals surface area contributed by atoms with Crippen molar-refractivity contribution in [3.63, 3.8) is 0 Å². The molecule has 1 fully saturated rings. The first-order chi connectivity index (χ1) is 17.9. The quantitative estimate of drug-likeness (QED) is 0.299. The zero-order chi connectivity index (χ0) is 27.6. The molecule has 2 aliphatic rings. The third-order valence-corrected chi connectivity index (χ3v) is 7.41. The number of carbonyl (C=O) groups is 1. The topological polar surface area (TPSA) is 71.2 Å². The van der Waals surface area contributed by atoms with Gasteiger partial charge in [0.15, 0.2) is 0 Å². The van der Waals surface area contributed by atoms with Crippen LogP contribution in [0.25, 0.3) is 5.57 Å². The van der Waals surface area contributed by atoms with Crippen molar-refractivity contribution in [3.05, 3.63) is 69.7 Å². The fourth-order valence-electron chi connectivity index (χ4n) is 4.59. The van der Waals surface area contributed by atoms with Crippen LogP contribution in [0.2, 0.25) is 10.0 Å². The number of halogens is 6. The van der Waals surface area contributed by atoms with E-state index in [4.69, 9.17) is 33.3 Å². The summed E-state index contributed by atoms with van der Waals surface area (Å²) in [5, 5.41) is 13.0. The Morgan fingerprint density at radius 3 is 2.66 bits per heavy atom. The van der Waals surface area contributed by atoms with Crippen LogP contribution in [0.5, 0.6) is 0 Å². The van der Waals surface area contributed by atoms with Gasteiger partial charge in [-0.15, -0.1) is 0 Å². The second kappa shape index (κ2) is 11.7. The Kier molecular flexibility index (Phi) is 8.76. The Morgan fingerprint density at radius 2 is 1.97 bits per heavy atom. The molecule has 1 saturated heterocycles. The molecule has 1 N–H and O–H groups in total. The average molecular weight is 573 g/mol. The third-order valence-electron chi connectivity index (χ3n) is 6.70. The van der Waals surface area contributed by atoms with E-state index in [1.165, 1.54) is 17.0 Å². The molecule has 0 radical (unpaired) electrons. The maximum Gasteiger partial charge on any atom is 0.451 e. The predicted octanol–water partition coefficient (Wildman–Crippen LogP) is 6.61. The Hall–Kier alpha value is -2.53. The van der Waals surface area contributed by atoms with Gasteiger partial charge in [0.1, 0.15) is 11.9 Å². The molecular weight excluding hydrogens is 547 g/mol.